The molecule has 0 saturated heterocycles. The maximum atomic E-state index is 14.4. The van der Waals surface area contributed by atoms with Gasteiger partial charge in [0, 0.05) is 11.1 Å². The zero-order chi connectivity index (χ0) is 17.2. The standard InChI is InChI=1S/C21H14F2N2/c22-18-13-7-12-17(21(18)23)20-14-19(15-8-3-1-4-9-15)24-25(20)16-10-5-2-6-11-16/h1-14H. The second-order valence-corrected chi connectivity index (χ2v) is 5.63. The summed E-state index contributed by atoms with van der Waals surface area (Å²) >= 11 is 0. The molecule has 4 rings (SSSR count). The Bertz CT molecular complexity index is 1010. The zero-order valence-corrected chi connectivity index (χ0v) is 13.2. The third kappa shape index (κ3) is 2.83. The van der Waals surface area contributed by atoms with Crippen LogP contribution in [0.15, 0.2) is 84.9 Å². The minimum absolute atomic E-state index is 0.179. The molecule has 0 aliphatic rings. The Kier molecular flexibility index (Phi) is 3.86. The fraction of sp³-hybridized carbons (Fsp3) is 0. The van der Waals surface area contributed by atoms with Crippen molar-refractivity contribution in [3.8, 4) is 28.2 Å². The van der Waals surface area contributed by atoms with Crippen LogP contribution < -0.4 is 0 Å². The monoisotopic (exact) mass is 332 g/mol. The molecular weight excluding hydrogens is 318 g/mol. The van der Waals surface area contributed by atoms with E-state index in [1.54, 1.807) is 16.8 Å². The van der Waals surface area contributed by atoms with E-state index in [4.69, 9.17) is 0 Å². The van der Waals surface area contributed by atoms with Crippen LogP contribution in [0.25, 0.3) is 28.2 Å². The predicted molar refractivity (Wildman–Crippen MR) is 94.4 cm³/mol. The molecule has 0 N–H and O–H groups in total. The molecule has 4 aromatic rings. The molecule has 1 heterocycles. The number of benzene rings is 3. The van der Waals surface area contributed by atoms with E-state index in [0.29, 0.717) is 11.4 Å². The van der Waals surface area contributed by atoms with Crippen molar-refractivity contribution in [1.82, 2.24) is 9.78 Å². The Labute approximate surface area is 144 Å². The van der Waals surface area contributed by atoms with Crippen molar-refractivity contribution >= 4 is 0 Å². The Morgan fingerprint density at radius 2 is 1.40 bits per heavy atom. The normalized spacial score (nSPS) is 10.8. The van der Waals surface area contributed by atoms with Crippen LogP contribution >= 0.6 is 0 Å². The van der Waals surface area contributed by atoms with Gasteiger partial charge in [-0.1, -0.05) is 54.6 Å². The summed E-state index contributed by atoms with van der Waals surface area (Å²) in [5.41, 5.74) is 3.07. The largest absolute Gasteiger partial charge is 0.232 e. The van der Waals surface area contributed by atoms with Crippen LogP contribution in [-0.2, 0) is 0 Å². The van der Waals surface area contributed by atoms with Crippen molar-refractivity contribution in [2.45, 2.75) is 0 Å². The predicted octanol–water partition coefficient (Wildman–Crippen LogP) is 5.48. The number of para-hydroxylation sites is 1. The first-order valence-electron chi connectivity index (χ1n) is 7.89. The van der Waals surface area contributed by atoms with Gasteiger partial charge in [0.05, 0.1) is 17.1 Å². The molecule has 122 valence electrons. The van der Waals surface area contributed by atoms with E-state index in [-0.39, 0.29) is 5.56 Å². The zero-order valence-electron chi connectivity index (χ0n) is 13.2. The van der Waals surface area contributed by atoms with E-state index in [1.807, 2.05) is 60.7 Å². The van der Waals surface area contributed by atoms with E-state index >= 15 is 0 Å². The second kappa shape index (κ2) is 6.32. The quantitative estimate of drug-likeness (QED) is 0.485. The van der Waals surface area contributed by atoms with Gasteiger partial charge in [0.25, 0.3) is 0 Å². The van der Waals surface area contributed by atoms with Crippen molar-refractivity contribution in [3.63, 3.8) is 0 Å². The number of rotatable bonds is 3. The van der Waals surface area contributed by atoms with Crippen LogP contribution in [0.3, 0.4) is 0 Å². The number of hydrogen-bond acceptors (Lipinski definition) is 1. The van der Waals surface area contributed by atoms with Crippen LogP contribution in [-0.4, -0.2) is 9.78 Å². The average molecular weight is 332 g/mol. The lowest BCUT2D eigenvalue weighted by Gasteiger charge is -2.08. The Morgan fingerprint density at radius 3 is 2.12 bits per heavy atom. The maximum absolute atomic E-state index is 14.4. The van der Waals surface area contributed by atoms with E-state index in [2.05, 4.69) is 5.10 Å². The van der Waals surface area contributed by atoms with Gasteiger partial charge in [-0.15, -0.1) is 0 Å². The van der Waals surface area contributed by atoms with Crippen molar-refractivity contribution in [1.29, 1.82) is 0 Å². The molecule has 0 spiro atoms. The fourth-order valence-corrected chi connectivity index (χ4v) is 2.79. The molecule has 25 heavy (non-hydrogen) atoms. The first kappa shape index (κ1) is 15.3. The van der Waals surface area contributed by atoms with E-state index < -0.39 is 11.6 Å². The lowest BCUT2D eigenvalue weighted by Crippen LogP contribution is -2.00. The summed E-state index contributed by atoms with van der Waals surface area (Å²) in [6.45, 7) is 0. The molecule has 0 aliphatic carbocycles. The van der Waals surface area contributed by atoms with Gasteiger partial charge in [-0.25, -0.2) is 13.5 Å². The lowest BCUT2D eigenvalue weighted by molar-refractivity contribution is 0.510. The highest BCUT2D eigenvalue weighted by Crippen LogP contribution is 2.31. The molecule has 0 amide bonds. The van der Waals surface area contributed by atoms with Crippen molar-refractivity contribution in [3.05, 3.63) is 96.6 Å². The minimum atomic E-state index is -0.876. The minimum Gasteiger partial charge on any atom is -0.232 e. The molecule has 3 aromatic carbocycles. The smallest absolute Gasteiger partial charge is 0.168 e. The molecule has 0 radical (unpaired) electrons. The Morgan fingerprint density at radius 1 is 0.720 bits per heavy atom. The van der Waals surface area contributed by atoms with Gasteiger partial charge >= 0.3 is 0 Å². The maximum Gasteiger partial charge on any atom is 0.168 e. The van der Waals surface area contributed by atoms with Gasteiger partial charge in [0.2, 0.25) is 0 Å². The lowest BCUT2D eigenvalue weighted by atomic mass is 10.1. The van der Waals surface area contributed by atoms with Gasteiger partial charge in [-0.2, -0.15) is 5.10 Å². The molecule has 0 aliphatic heterocycles. The third-order valence-electron chi connectivity index (χ3n) is 4.01. The number of halogens is 2. The third-order valence-corrected chi connectivity index (χ3v) is 4.01. The van der Waals surface area contributed by atoms with E-state index in [0.717, 1.165) is 17.3 Å². The van der Waals surface area contributed by atoms with Crippen LogP contribution in [0, 0.1) is 11.6 Å². The summed E-state index contributed by atoms with van der Waals surface area (Å²) in [7, 11) is 0. The highest BCUT2D eigenvalue weighted by atomic mass is 19.2. The van der Waals surface area contributed by atoms with Gasteiger partial charge in [-0.05, 0) is 30.3 Å². The Hall–Kier alpha value is -3.27. The highest BCUT2D eigenvalue weighted by molar-refractivity contribution is 5.70. The van der Waals surface area contributed by atoms with Crippen LogP contribution in [0.5, 0.6) is 0 Å². The molecule has 0 bridgehead atoms. The first-order valence-corrected chi connectivity index (χ1v) is 7.89. The molecule has 0 fully saturated rings. The number of nitrogens with zero attached hydrogens (tertiary/aromatic N) is 2. The molecule has 1 aromatic heterocycles. The van der Waals surface area contributed by atoms with Crippen LogP contribution in [0.4, 0.5) is 8.78 Å². The number of aromatic nitrogens is 2. The topological polar surface area (TPSA) is 17.8 Å². The van der Waals surface area contributed by atoms with Crippen molar-refractivity contribution in [2.24, 2.45) is 0 Å². The number of hydrogen-bond donors (Lipinski definition) is 0. The summed E-state index contributed by atoms with van der Waals surface area (Å²) in [5.74, 6) is -1.75. The molecule has 0 atom stereocenters. The van der Waals surface area contributed by atoms with E-state index in [1.165, 1.54) is 6.07 Å². The van der Waals surface area contributed by atoms with Gasteiger partial charge in [-0.3, -0.25) is 0 Å². The summed E-state index contributed by atoms with van der Waals surface area (Å²) in [6, 6.07) is 25.0. The molecule has 0 saturated carbocycles. The summed E-state index contributed by atoms with van der Waals surface area (Å²) < 4.78 is 29.7. The van der Waals surface area contributed by atoms with Crippen LogP contribution in [0.2, 0.25) is 0 Å². The van der Waals surface area contributed by atoms with Crippen molar-refractivity contribution < 1.29 is 8.78 Å². The first-order chi connectivity index (χ1) is 12.2. The summed E-state index contributed by atoms with van der Waals surface area (Å²) in [5, 5.41) is 4.63. The van der Waals surface area contributed by atoms with Crippen LogP contribution in [0.1, 0.15) is 0 Å². The van der Waals surface area contributed by atoms with Crippen molar-refractivity contribution in [2.75, 3.05) is 0 Å². The van der Waals surface area contributed by atoms with Gasteiger partial charge in [0.1, 0.15) is 0 Å². The molecule has 4 heteroatoms. The molecule has 2 nitrogen and oxygen atoms in total. The fourth-order valence-electron chi connectivity index (χ4n) is 2.79. The average Bonchev–Trinajstić information content (AvgIpc) is 3.11. The molecule has 0 unspecified atom stereocenters. The summed E-state index contributed by atoms with van der Waals surface area (Å²) in [4.78, 5) is 0. The van der Waals surface area contributed by atoms with E-state index in [9.17, 15) is 8.78 Å². The van der Waals surface area contributed by atoms with Gasteiger partial charge in [0.15, 0.2) is 11.6 Å². The molecular formula is C21H14F2N2. The highest BCUT2D eigenvalue weighted by Gasteiger charge is 2.17. The summed E-state index contributed by atoms with van der Waals surface area (Å²) in [6.07, 6.45) is 0. The van der Waals surface area contributed by atoms with Gasteiger partial charge < -0.3 is 0 Å². The second-order valence-electron chi connectivity index (χ2n) is 5.63. The SMILES string of the molecule is Fc1cccc(-c2cc(-c3ccccc3)nn2-c2ccccc2)c1F. The Balaban J connectivity index is 1.96.